The van der Waals surface area contributed by atoms with Gasteiger partial charge in [0.25, 0.3) is 0 Å². The maximum Gasteiger partial charge on any atom is 0.319 e. The molecule has 0 aromatic heterocycles. The summed E-state index contributed by atoms with van der Waals surface area (Å²) < 4.78 is 19.4. The summed E-state index contributed by atoms with van der Waals surface area (Å²) >= 11 is 7.24. The Morgan fingerprint density at radius 1 is 1.36 bits per heavy atom. The second-order valence-electron chi connectivity index (χ2n) is 6.71. The number of carbonyl (C=O) groups excluding carboxylic acids is 2. The average Bonchev–Trinajstić information content (AvgIpc) is 2.48. The van der Waals surface area contributed by atoms with Gasteiger partial charge in [0, 0.05) is 11.3 Å². The molecule has 7 heteroatoms. The number of hydrogen-bond acceptors (Lipinski definition) is 4. The number of anilines is 1. The van der Waals surface area contributed by atoms with Gasteiger partial charge in [0.1, 0.15) is 16.7 Å². The fraction of sp³-hybridized carbons (Fsp3) is 0.556. The van der Waals surface area contributed by atoms with Crippen LogP contribution in [0.15, 0.2) is 17.0 Å². The van der Waals surface area contributed by atoms with E-state index in [0.717, 1.165) is 30.7 Å². The Balaban J connectivity index is 2.88. The normalized spacial score (nSPS) is 12.6. The molecule has 0 aliphatic rings. The Bertz CT molecular complexity index is 631. The molecule has 25 heavy (non-hydrogen) atoms. The Labute approximate surface area is 157 Å². The van der Waals surface area contributed by atoms with Crippen molar-refractivity contribution in [2.45, 2.75) is 69.6 Å². The number of esters is 1. The molecule has 0 heterocycles. The molecule has 1 amide bonds. The van der Waals surface area contributed by atoms with Crippen molar-refractivity contribution < 1.29 is 18.7 Å². The van der Waals surface area contributed by atoms with Crippen LogP contribution in [0.4, 0.5) is 10.1 Å². The third-order valence-electron chi connectivity index (χ3n) is 3.10. The second-order valence-corrected chi connectivity index (χ2v) is 8.50. The Morgan fingerprint density at radius 3 is 2.56 bits per heavy atom. The minimum Gasteiger partial charge on any atom is -0.459 e. The summed E-state index contributed by atoms with van der Waals surface area (Å²) in [6.07, 6.45) is 1.94. The molecule has 0 bridgehead atoms. The fourth-order valence-corrected chi connectivity index (χ4v) is 3.06. The number of thioether (sulfide) groups is 1. The zero-order valence-corrected chi connectivity index (χ0v) is 16.8. The lowest BCUT2D eigenvalue weighted by Crippen LogP contribution is -2.28. The predicted octanol–water partition coefficient (Wildman–Crippen LogP) is 5.43. The summed E-state index contributed by atoms with van der Waals surface area (Å²) in [5.41, 5.74) is -0.527. The first-order chi connectivity index (χ1) is 11.5. The highest BCUT2D eigenvalue weighted by molar-refractivity contribution is 8.00. The number of halogens is 2. The molecule has 1 atom stereocenters. The molecule has 1 unspecified atom stereocenters. The molecule has 140 valence electrons. The highest BCUT2D eigenvalue weighted by Gasteiger charge is 2.24. The monoisotopic (exact) mass is 389 g/mol. The lowest BCUT2D eigenvalue weighted by Gasteiger charge is -2.22. The van der Waals surface area contributed by atoms with Crippen LogP contribution in [0.25, 0.3) is 0 Å². The van der Waals surface area contributed by atoms with Crippen LogP contribution < -0.4 is 5.32 Å². The summed E-state index contributed by atoms with van der Waals surface area (Å²) in [5.74, 6) is -1.24. The second kappa shape index (κ2) is 9.43. The van der Waals surface area contributed by atoms with E-state index in [4.69, 9.17) is 16.3 Å². The molecule has 0 spiro atoms. The van der Waals surface area contributed by atoms with E-state index in [2.05, 4.69) is 5.32 Å². The molecule has 0 radical (unpaired) electrons. The van der Waals surface area contributed by atoms with Crippen molar-refractivity contribution in [3.63, 3.8) is 0 Å². The zero-order valence-electron chi connectivity index (χ0n) is 15.2. The van der Waals surface area contributed by atoms with Crippen LogP contribution in [0.5, 0.6) is 0 Å². The van der Waals surface area contributed by atoms with E-state index >= 15 is 0 Å². The van der Waals surface area contributed by atoms with Crippen LogP contribution in [-0.4, -0.2) is 22.7 Å². The molecule has 1 aromatic carbocycles. The fourth-order valence-electron chi connectivity index (χ4n) is 1.89. The Kier molecular flexibility index (Phi) is 8.22. The van der Waals surface area contributed by atoms with Crippen LogP contribution in [-0.2, 0) is 14.3 Å². The van der Waals surface area contributed by atoms with Gasteiger partial charge in [-0.15, -0.1) is 11.8 Å². The highest BCUT2D eigenvalue weighted by Crippen LogP contribution is 2.35. The molecule has 0 aliphatic carbocycles. The number of carbonyl (C=O) groups is 2. The molecule has 1 N–H and O–H groups in total. The van der Waals surface area contributed by atoms with E-state index in [9.17, 15) is 14.0 Å². The van der Waals surface area contributed by atoms with Crippen LogP contribution in [0.2, 0.25) is 5.02 Å². The molecule has 1 rings (SSSR count). The minimum atomic E-state index is -0.607. The maximum atomic E-state index is 14.0. The first-order valence-corrected chi connectivity index (χ1v) is 9.47. The lowest BCUT2D eigenvalue weighted by atomic mass is 10.2. The number of nitrogens with one attached hydrogen (secondary N) is 1. The number of hydrogen-bond donors (Lipinski definition) is 1. The van der Waals surface area contributed by atoms with Gasteiger partial charge in [-0.05, 0) is 46.2 Å². The SMILES string of the molecule is CCCCC(=O)Nc1cc(SC(C)C(=O)OC(C)(C)C)c(Cl)cc1F. The van der Waals surface area contributed by atoms with E-state index in [1.807, 2.05) is 6.92 Å². The van der Waals surface area contributed by atoms with Gasteiger partial charge in [0.2, 0.25) is 5.91 Å². The summed E-state index contributed by atoms with van der Waals surface area (Å²) in [6.45, 7) is 9.03. The van der Waals surface area contributed by atoms with Crippen molar-refractivity contribution >= 4 is 40.9 Å². The van der Waals surface area contributed by atoms with Crippen LogP contribution in [0.1, 0.15) is 53.9 Å². The third-order valence-corrected chi connectivity index (χ3v) is 4.66. The van der Waals surface area contributed by atoms with Crippen LogP contribution in [0.3, 0.4) is 0 Å². The van der Waals surface area contributed by atoms with Crippen molar-refractivity contribution in [3.8, 4) is 0 Å². The van der Waals surface area contributed by atoms with Crippen LogP contribution in [0, 0.1) is 5.82 Å². The third kappa shape index (κ3) is 7.65. The number of benzene rings is 1. The largest absolute Gasteiger partial charge is 0.459 e. The summed E-state index contributed by atoms with van der Waals surface area (Å²) in [4.78, 5) is 24.4. The maximum absolute atomic E-state index is 14.0. The van der Waals surface area contributed by atoms with Gasteiger partial charge >= 0.3 is 5.97 Å². The van der Waals surface area contributed by atoms with E-state index < -0.39 is 16.7 Å². The van der Waals surface area contributed by atoms with Gasteiger partial charge in [-0.25, -0.2) is 4.39 Å². The van der Waals surface area contributed by atoms with Crippen molar-refractivity contribution in [1.29, 1.82) is 0 Å². The average molecular weight is 390 g/mol. The summed E-state index contributed by atoms with van der Waals surface area (Å²) in [5, 5.41) is 2.21. The van der Waals surface area contributed by atoms with Gasteiger partial charge in [-0.3, -0.25) is 9.59 Å². The molecule has 4 nitrogen and oxygen atoms in total. The van der Waals surface area contributed by atoms with E-state index in [0.29, 0.717) is 11.3 Å². The van der Waals surface area contributed by atoms with Crippen LogP contribution >= 0.6 is 23.4 Å². The number of rotatable bonds is 7. The zero-order chi connectivity index (χ0) is 19.2. The van der Waals surface area contributed by atoms with Crippen molar-refractivity contribution in [2.24, 2.45) is 0 Å². The standard InChI is InChI=1S/C18H25ClFNO3S/c1-6-7-8-16(22)21-14-10-15(12(19)9-13(14)20)25-11(2)17(23)24-18(3,4)5/h9-11H,6-8H2,1-5H3,(H,21,22). The lowest BCUT2D eigenvalue weighted by molar-refractivity contribution is -0.153. The number of amides is 1. The first-order valence-electron chi connectivity index (χ1n) is 8.22. The molecule has 1 aromatic rings. The van der Waals surface area contributed by atoms with E-state index in [1.165, 1.54) is 6.07 Å². The van der Waals surface area contributed by atoms with Gasteiger partial charge < -0.3 is 10.1 Å². The van der Waals surface area contributed by atoms with Crippen molar-refractivity contribution in [2.75, 3.05) is 5.32 Å². The summed E-state index contributed by atoms with van der Waals surface area (Å²) in [7, 11) is 0. The number of unbranched alkanes of at least 4 members (excludes halogenated alkanes) is 1. The van der Waals surface area contributed by atoms with Gasteiger partial charge in [-0.2, -0.15) is 0 Å². The van der Waals surface area contributed by atoms with Crippen molar-refractivity contribution in [1.82, 2.24) is 0 Å². The summed E-state index contributed by atoms with van der Waals surface area (Å²) in [6, 6.07) is 2.59. The molecule has 0 fully saturated rings. The predicted molar refractivity (Wildman–Crippen MR) is 101 cm³/mol. The van der Waals surface area contributed by atoms with Gasteiger partial charge in [0.05, 0.1) is 10.7 Å². The van der Waals surface area contributed by atoms with E-state index in [1.54, 1.807) is 27.7 Å². The highest BCUT2D eigenvalue weighted by atomic mass is 35.5. The van der Waals surface area contributed by atoms with Gasteiger partial charge in [-0.1, -0.05) is 24.9 Å². The molecular formula is C18H25ClFNO3S. The molecule has 0 aliphatic heterocycles. The molecular weight excluding hydrogens is 365 g/mol. The number of ether oxygens (including phenoxy) is 1. The molecule has 0 saturated heterocycles. The Hall–Kier alpha value is -1.27. The quantitative estimate of drug-likeness (QED) is 0.499. The minimum absolute atomic E-state index is 0.0596. The Morgan fingerprint density at radius 2 is 2.00 bits per heavy atom. The first kappa shape index (κ1) is 21.8. The van der Waals surface area contributed by atoms with E-state index in [-0.39, 0.29) is 22.6 Å². The topological polar surface area (TPSA) is 55.4 Å². The smallest absolute Gasteiger partial charge is 0.319 e. The molecule has 0 saturated carbocycles. The van der Waals surface area contributed by atoms with Crippen molar-refractivity contribution in [3.05, 3.63) is 23.0 Å². The van der Waals surface area contributed by atoms with Gasteiger partial charge in [0.15, 0.2) is 0 Å².